The van der Waals surface area contributed by atoms with Crippen LogP contribution in [0.25, 0.3) is 0 Å². The molecule has 0 aromatic heterocycles. The van der Waals surface area contributed by atoms with Crippen LogP contribution in [-0.2, 0) is 6.42 Å². The van der Waals surface area contributed by atoms with Crippen LogP contribution in [0.15, 0.2) is 24.3 Å². The molecule has 0 fully saturated rings. The number of hydrogen-bond donors (Lipinski definition) is 0. The summed E-state index contributed by atoms with van der Waals surface area (Å²) < 4.78 is 0.644. The van der Waals surface area contributed by atoms with Gasteiger partial charge in [-0.15, -0.1) is 0 Å². The summed E-state index contributed by atoms with van der Waals surface area (Å²) in [6.45, 7) is 0. The second-order valence-electron chi connectivity index (χ2n) is 2.88. The normalized spacial score (nSPS) is 22.0. The van der Waals surface area contributed by atoms with E-state index in [1.54, 1.807) is 0 Å². The number of anilines is 1. The van der Waals surface area contributed by atoms with Crippen molar-refractivity contribution in [3.63, 3.8) is 0 Å². The number of fused-ring (bicyclic) bond motifs is 1. The Kier molecular flexibility index (Phi) is 1.79. The molecule has 11 heavy (non-hydrogen) atoms. The highest BCUT2D eigenvalue weighted by atomic mass is 127. The first-order valence-electron chi connectivity index (χ1n) is 3.74. The highest BCUT2D eigenvalue weighted by Gasteiger charge is 2.22. The molecule has 0 spiro atoms. The molecule has 1 atom stereocenters. The maximum atomic E-state index is 2.48. The maximum Gasteiger partial charge on any atom is 0.0847 e. The van der Waals surface area contributed by atoms with Crippen LogP contribution in [-0.4, -0.2) is 11.1 Å². The number of nitrogens with zero attached hydrogens (tertiary/aromatic N) is 1. The summed E-state index contributed by atoms with van der Waals surface area (Å²) in [5.41, 5.74) is 2.88. The lowest BCUT2D eigenvalue weighted by atomic mass is 10.2. The smallest absolute Gasteiger partial charge is 0.0847 e. The highest BCUT2D eigenvalue weighted by molar-refractivity contribution is 14.1. The average molecular weight is 259 g/mol. The molecule has 1 aliphatic heterocycles. The second-order valence-corrected chi connectivity index (χ2v) is 4.32. The van der Waals surface area contributed by atoms with Crippen LogP contribution in [0.3, 0.4) is 0 Å². The molecule has 1 heterocycles. The summed E-state index contributed by atoms with van der Waals surface area (Å²) in [6, 6.07) is 8.61. The number of halogens is 1. The molecule has 58 valence electrons. The molecule has 0 aliphatic carbocycles. The van der Waals surface area contributed by atoms with Gasteiger partial charge in [0.1, 0.15) is 0 Å². The Morgan fingerprint density at radius 3 is 2.91 bits per heavy atom. The van der Waals surface area contributed by atoms with Gasteiger partial charge < -0.3 is 4.90 Å². The van der Waals surface area contributed by atoms with Crippen molar-refractivity contribution in [2.75, 3.05) is 11.9 Å². The van der Waals surface area contributed by atoms with E-state index in [4.69, 9.17) is 0 Å². The molecule has 0 N–H and O–H groups in total. The summed E-state index contributed by atoms with van der Waals surface area (Å²) in [5, 5.41) is 0. The van der Waals surface area contributed by atoms with Gasteiger partial charge in [-0.1, -0.05) is 40.8 Å². The topological polar surface area (TPSA) is 3.24 Å². The fraction of sp³-hybridized carbons (Fsp3) is 0.333. The van der Waals surface area contributed by atoms with E-state index in [1.165, 1.54) is 17.7 Å². The standard InChI is InChI=1S/C9H10IN/c1-11-8-5-3-2-4-7(8)6-9(11)10/h2-5,9H,6H2,1H3/t9-/m0/s1. The number of para-hydroxylation sites is 1. The van der Waals surface area contributed by atoms with E-state index in [9.17, 15) is 0 Å². The van der Waals surface area contributed by atoms with E-state index in [0.717, 1.165) is 0 Å². The van der Waals surface area contributed by atoms with Gasteiger partial charge in [-0.05, 0) is 11.6 Å². The maximum absolute atomic E-state index is 2.48. The van der Waals surface area contributed by atoms with Crippen LogP contribution in [0, 0.1) is 0 Å². The van der Waals surface area contributed by atoms with Crippen molar-refractivity contribution in [3.8, 4) is 0 Å². The predicted molar refractivity (Wildman–Crippen MR) is 56.4 cm³/mol. The Labute approximate surface area is 80.5 Å². The van der Waals surface area contributed by atoms with Crippen molar-refractivity contribution < 1.29 is 0 Å². The number of benzene rings is 1. The van der Waals surface area contributed by atoms with E-state index >= 15 is 0 Å². The van der Waals surface area contributed by atoms with Crippen molar-refractivity contribution in [2.45, 2.75) is 10.5 Å². The number of alkyl halides is 1. The van der Waals surface area contributed by atoms with E-state index in [1.807, 2.05) is 0 Å². The lowest BCUT2D eigenvalue weighted by molar-refractivity contribution is 0.923. The predicted octanol–water partition coefficient (Wildman–Crippen LogP) is 2.44. The van der Waals surface area contributed by atoms with Crippen LogP contribution in [0.1, 0.15) is 5.56 Å². The fourth-order valence-corrected chi connectivity index (χ4v) is 2.27. The Balaban J connectivity index is 2.47. The van der Waals surface area contributed by atoms with Gasteiger partial charge in [0.15, 0.2) is 0 Å². The number of likely N-dealkylation sites (N-methyl/N-ethyl adjacent to an activating group) is 1. The van der Waals surface area contributed by atoms with Crippen LogP contribution < -0.4 is 4.90 Å². The van der Waals surface area contributed by atoms with Gasteiger partial charge in [-0.3, -0.25) is 0 Å². The quantitative estimate of drug-likeness (QED) is 0.393. The molecule has 0 bridgehead atoms. The van der Waals surface area contributed by atoms with Gasteiger partial charge in [-0.2, -0.15) is 0 Å². The number of hydrogen-bond acceptors (Lipinski definition) is 1. The third-order valence-corrected chi connectivity index (χ3v) is 3.46. The van der Waals surface area contributed by atoms with E-state index < -0.39 is 0 Å². The van der Waals surface area contributed by atoms with Gasteiger partial charge in [0.2, 0.25) is 0 Å². The van der Waals surface area contributed by atoms with Gasteiger partial charge in [0.25, 0.3) is 0 Å². The van der Waals surface area contributed by atoms with Crippen molar-refractivity contribution in [3.05, 3.63) is 29.8 Å². The molecule has 1 aromatic rings. The van der Waals surface area contributed by atoms with Gasteiger partial charge in [0, 0.05) is 19.2 Å². The van der Waals surface area contributed by atoms with Gasteiger partial charge >= 0.3 is 0 Å². The largest absolute Gasteiger partial charge is 0.362 e. The minimum atomic E-state index is 0.644. The Hall–Kier alpha value is -0.250. The van der Waals surface area contributed by atoms with Crippen molar-refractivity contribution >= 4 is 28.3 Å². The molecule has 1 nitrogen and oxygen atoms in total. The summed E-state index contributed by atoms with van der Waals surface area (Å²) >= 11 is 2.48. The molecule has 0 radical (unpaired) electrons. The summed E-state index contributed by atoms with van der Waals surface area (Å²) in [7, 11) is 2.16. The van der Waals surface area contributed by atoms with E-state index in [0.29, 0.717) is 4.05 Å². The highest BCUT2D eigenvalue weighted by Crippen LogP contribution is 2.32. The average Bonchev–Trinajstić information content (AvgIpc) is 2.30. The second kappa shape index (κ2) is 2.66. The summed E-state index contributed by atoms with van der Waals surface area (Å²) in [5.74, 6) is 0. The van der Waals surface area contributed by atoms with Crippen LogP contribution in [0.4, 0.5) is 5.69 Å². The summed E-state index contributed by atoms with van der Waals surface area (Å²) in [6.07, 6.45) is 1.19. The monoisotopic (exact) mass is 259 g/mol. The zero-order valence-electron chi connectivity index (χ0n) is 6.42. The van der Waals surface area contributed by atoms with Crippen LogP contribution in [0.2, 0.25) is 0 Å². The minimum absolute atomic E-state index is 0.644. The zero-order valence-corrected chi connectivity index (χ0v) is 8.58. The number of rotatable bonds is 0. The van der Waals surface area contributed by atoms with Crippen molar-refractivity contribution in [2.24, 2.45) is 0 Å². The molecule has 0 saturated carbocycles. The van der Waals surface area contributed by atoms with E-state index in [2.05, 4.69) is 58.8 Å². The first kappa shape index (κ1) is 7.40. The van der Waals surface area contributed by atoms with Gasteiger partial charge in [-0.25, -0.2) is 0 Å². The Morgan fingerprint density at radius 2 is 2.18 bits per heavy atom. The summed E-state index contributed by atoms with van der Waals surface area (Å²) in [4.78, 5) is 2.33. The fourth-order valence-electron chi connectivity index (χ4n) is 1.50. The van der Waals surface area contributed by atoms with Crippen LogP contribution in [0.5, 0.6) is 0 Å². The third kappa shape index (κ3) is 1.13. The zero-order chi connectivity index (χ0) is 7.84. The molecule has 0 amide bonds. The first-order valence-corrected chi connectivity index (χ1v) is 4.98. The lowest BCUT2D eigenvalue weighted by Gasteiger charge is -2.16. The molecule has 1 aromatic carbocycles. The van der Waals surface area contributed by atoms with E-state index in [-0.39, 0.29) is 0 Å². The molecule has 1 aliphatic rings. The van der Waals surface area contributed by atoms with Crippen LogP contribution >= 0.6 is 22.6 Å². The third-order valence-electron chi connectivity index (χ3n) is 2.18. The van der Waals surface area contributed by atoms with Crippen molar-refractivity contribution in [1.29, 1.82) is 0 Å². The molecule has 2 rings (SSSR count). The van der Waals surface area contributed by atoms with Gasteiger partial charge in [0.05, 0.1) is 4.05 Å². The Morgan fingerprint density at radius 1 is 1.45 bits per heavy atom. The molecule has 2 heteroatoms. The first-order chi connectivity index (χ1) is 5.29. The molecular weight excluding hydrogens is 249 g/mol. The molecule has 0 unspecified atom stereocenters. The van der Waals surface area contributed by atoms with Crippen molar-refractivity contribution in [1.82, 2.24) is 0 Å². The SMILES string of the molecule is CN1c2ccccc2C[C@H]1I. The Bertz CT molecular complexity index is 272. The lowest BCUT2D eigenvalue weighted by Crippen LogP contribution is -2.20. The molecular formula is C9H10IN. The molecule has 0 saturated heterocycles. The minimum Gasteiger partial charge on any atom is -0.362 e.